The molecular weight excluding hydrogens is 312 g/mol. The Balaban J connectivity index is 2.06. The highest BCUT2D eigenvalue weighted by atomic mass is 79.9. The highest BCUT2D eigenvalue weighted by molar-refractivity contribution is 9.10. The van der Waals surface area contributed by atoms with Crippen LogP contribution in [0.2, 0.25) is 0 Å². The highest BCUT2D eigenvalue weighted by Crippen LogP contribution is 2.23. The molecule has 1 heterocycles. The first-order chi connectivity index (χ1) is 9.10. The molecule has 0 bridgehead atoms. The number of ether oxygens (including phenoxy) is 2. The molecule has 1 aromatic carbocycles. The molecule has 0 fully saturated rings. The van der Waals surface area contributed by atoms with Crippen molar-refractivity contribution < 1.29 is 14.3 Å². The number of nitrogens with zero attached hydrogens (tertiary/aromatic N) is 2. The number of aryl methyl sites for hydroxylation is 1. The molecule has 0 N–H and O–H groups in total. The summed E-state index contributed by atoms with van der Waals surface area (Å²) in [7, 11) is 3.32. The molecule has 0 saturated carbocycles. The van der Waals surface area contributed by atoms with E-state index in [0.29, 0.717) is 11.3 Å². The SMILES string of the molecule is COc1ccc(Br)cc1COC(=O)c1cnn(C)c1. The van der Waals surface area contributed by atoms with Crippen molar-refractivity contribution in [1.29, 1.82) is 0 Å². The van der Waals surface area contributed by atoms with Gasteiger partial charge in [-0.05, 0) is 18.2 Å². The third-order valence-electron chi connectivity index (χ3n) is 2.54. The van der Waals surface area contributed by atoms with Crippen LogP contribution in [0.4, 0.5) is 0 Å². The summed E-state index contributed by atoms with van der Waals surface area (Å²) in [4.78, 5) is 11.8. The Kier molecular flexibility index (Phi) is 4.21. The highest BCUT2D eigenvalue weighted by Gasteiger charge is 2.11. The van der Waals surface area contributed by atoms with Crippen LogP contribution in [0.3, 0.4) is 0 Å². The lowest BCUT2D eigenvalue weighted by molar-refractivity contribution is 0.0470. The zero-order valence-corrected chi connectivity index (χ0v) is 12.2. The first-order valence-electron chi connectivity index (χ1n) is 5.58. The van der Waals surface area contributed by atoms with Crippen LogP contribution in [0.15, 0.2) is 35.1 Å². The van der Waals surface area contributed by atoms with Crippen LogP contribution in [0.5, 0.6) is 5.75 Å². The van der Waals surface area contributed by atoms with Crippen molar-refractivity contribution >= 4 is 21.9 Å². The van der Waals surface area contributed by atoms with Crippen LogP contribution in [0, 0.1) is 0 Å². The Bertz CT molecular complexity index is 595. The summed E-state index contributed by atoms with van der Waals surface area (Å²) in [5.74, 6) is 0.275. The smallest absolute Gasteiger partial charge is 0.341 e. The van der Waals surface area contributed by atoms with Gasteiger partial charge in [0, 0.05) is 23.3 Å². The molecule has 5 nitrogen and oxygen atoms in total. The van der Waals surface area contributed by atoms with Crippen LogP contribution < -0.4 is 4.74 Å². The van der Waals surface area contributed by atoms with Gasteiger partial charge in [-0.25, -0.2) is 4.79 Å². The van der Waals surface area contributed by atoms with Gasteiger partial charge in [-0.1, -0.05) is 15.9 Å². The molecule has 2 rings (SSSR count). The second-order valence-electron chi connectivity index (χ2n) is 3.93. The van der Waals surface area contributed by atoms with Crippen LogP contribution in [0.1, 0.15) is 15.9 Å². The van der Waals surface area contributed by atoms with Gasteiger partial charge in [-0.3, -0.25) is 4.68 Å². The number of benzene rings is 1. The van der Waals surface area contributed by atoms with Crippen LogP contribution in [-0.4, -0.2) is 22.9 Å². The van der Waals surface area contributed by atoms with E-state index >= 15 is 0 Å². The Morgan fingerprint density at radius 2 is 2.26 bits per heavy atom. The number of carbonyl (C=O) groups is 1. The molecule has 0 aliphatic heterocycles. The maximum absolute atomic E-state index is 11.8. The quantitative estimate of drug-likeness (QED) is 0.811. The zero-order valence-electron chi connectivity index (χ0n) is 10.6. The van der Waals surface area contributed by atoms with Crippen LogP contribution in [0.25, 0.3) is 0 Å². The molecule has 0 radical (unpaired) electrons. The summed E-state index contributed by atoms with van der Waals surface area (Å²) < 4.78 is 12.9. The summed E-state index contributed by atoms with van der Waals surface area (Å²) in [6.45, 7) is 0.149. The van der Waals surface area contributed by atoms with Crippen molar-refractivity contribution in [2.45, 2.75) is 6.61 Å². The van der Waals surface area contributed by atoms with Gasteiger partial charge in [0.2, 0.25) is 0 Å². The summed E-state index contributed by atoms with van der Waals surface area (Å²) in [5.41, 5.74) is 1.23. The number of hydrogen-bond acceptors (Lipinski definition) is 4. The van der Waals surface area contributed by atoms with Crippen LogP contribution >= 0.6 is 15.9 Å². The topological polar surface area (TPSA) is 53.4 Å². The first-order valence-corrected chi connectivity index (χ1v) is 6.37. The fourth-order valence-corrected chi connectivity index (χ4v) is 2.02. The molecule has 0 aliphatic rings. The fourth-order valence-electron chi connectivity index (χ4n) is 1.61. The molecule has 0 saturated heterocycles. The normalized spacial score (nSPS) is 10.3. The number of aromatic nitrogens is 2. The molecule has 1 aromatic heterocycles. The summed E-state index contributed by atoms with van der Waals surface area (Å²) in [6.07, 6.45) is 3.08. The third kappa shape index (κ3) is 3.35. The molecule has 0 unspecified atom stereocenters. The van der Waals surface area contributed by atoms with E-state index in [0.717, 1.165) is 10.0 Å². The number of halogens is 1. The van der Waals surface area contributed by atoms with Gasteiger partial charge in [0.15, 0.2) is 0 Å². The average Bonchev–Trinajstić information content (AvgIpc) is 2.83. The molecule has 0 atom stereocenters. The second-order valence-corrected chi connectivity index (χ2v) is 4.85. The van der Waals surface area contributed by atoms with Crippen LogP contribution in [-0.2, 0) is 18.4 Å². The zero-order chi connectivity index (χ0) is 13.8. The summed E-state index contributed by atoms with van der Waals surface area (Å²) in [6, 6.07) is 5.54. The molecule has 19 heavy (non-hydrogen) atoms. The van der Waals surface area contributed by atoms with E-state index < -0.39 is 5.97 Å². The summed E-state index contributed by atoms with van der Waals surface area (Å²) in [5, 5.41) is 3.92. The Morgan fingerprint density at radius 1 is 1.47 bits per heavy atom. The molecule has 0 aliphatic carbocycles. The lowest BCUT2D eigenvalue weighted by Crippen LogP contribution is -2.05. The maximum atomic E-state index is 11.8. The second kappa shape index (κ2) is 5.88. The number of carbonyl (C=O) groups excluding carboxylic acids is 1. The fraction of sp³-hybridized carbons (Fsp3) is 0.231. The number of esters is 1. The first kappa shape index (κ1) is 13.6. The maximum Gasteiger partial charge on any atom is 0.341 e. The predicted molar refractivity (Wildman–Crippen MR) is 73.0 cm³/mol. The van der Waals surface area contributed by atoms with Crippen molar-refractivity contribution in [2.75, 3.05) is 7.11 Å². The van der Waals surface area contributed by atoms with Crippen molar-refractivity contribution in [3.8, 4) is 5.75 Å². The third-order valence-corrected chi connectivity index (χ3v) is 3.04. The largest absolute Gasteiger partial charge is 0.496 e. The molecular formula is C13H13BrN2O3. The molecule has 0 spiro atoms. The van der Waals surface area contributed by atoms with Crippen molar-refractivity contribution in [1.82, 2.24) is 9.78 Å². The van der Waals surface area contributed by atoms with E-state index in [1.165, 1.54) is 6.20 Å². The minimum absolute atomic E-state index is 0.149. The minimum atomic E-state index is -0.407. The van der Waals surface area contributed by atoms with Gasteiger partial charge in [0.25, 0.3) is 0 Å². The average molecular weight is 325 g/mol. The van der Waals surface area contributed by atoms with E-state index in [1.807, 2.05) is 18.2 Å². The van der Waals surface area contributed by atoms with Gasteiger partial charge in [0.1, 0.15) is 12.4 Å². The molecule has 2 aromatic rings. The molecule has 0 amide bonds. The van der Waals surface area contributed by atoms with Gasteiger partial charge < -0.3 is 9.47 Å². The van der Waals surface area contributed by atoms with E-state index in [9.17, 15) is 4.79 Å². The van der Waals surface area contributed by atoms with Gasteiger partial charge >= 0.3 is 5.97 Å². The number of methoxy groups -OCH3 is 1. The van der Waals surface area contributed by atoms with E-state index in [1.54, 1.807) is 25.0 Å². The Labute approximate surface area is 119 Å². The number of hydrogen-bond donors (Lipinski definition) is 0. The number of rotatable bonds is 4. The standard InChI is InChI=1S/C13H13BrN2O3/c1-16-7-10(6-15-16)13(17)19-8-9-5-11(14)3-4-12(9)18-2/h3-7H,8H2,1-2H3. The lowest BCUT2D eigenvalue weighted by Gasteiger charge is -2.09. The Morgan fingerprint density at radius 3 is 2.89 bits per heavy atom. The van der Waals surface area contributed by atoms with Gasteiger partial charge in [0.05, 0.1) is 18.9 Å². The summed E-state index contributed by atoms with van der Waals surface area (Å²) >= 11 is 3.37. The van der Waals surface area contributed by atoms with Crippen molar-refractivity contribution in [2.24, 2.45) is 7.05 Å². The van der Waals surface area contributed by atoms with Gasteiger partial charge in [-0.2, -0.15) is 5.10 Å². The molecule has 100 valence electrons. The van der Waals surface area contributed by atoms with Gasteiger partial charge in [-0.15, -0.1) is 0 Å². The molecule has 6 heteroatoms. The van der Waals surface area contributed by atoms with E-state index in [2.05, 4.69) is 21.0 Å². The lowest BCUT2D eigenvalue weighted by atomic mass is 10.2. The monoisotopic (exact) mass is 324 g/mol. The Hall–Kier alpha value is -1.82. The van der Waals surface area contributed by atoms with Crippen molar-refractivity contribution in [3.05, 3.63) is 46.2 Å². The predicted octanol–water partition coefficient (Wildman–Crippen LogP) is 2.55. The van der Waals surface area contributed by atoms with E-state index in [-0.39, 0.29) is 6.61 Å². The minimum Gasteiger partial charge on any atom is -0.496 e. The van der Waals surface area contributed by atoms with E-state index in [4.69, 9.17) is 9.47 Å². The van der Waals surface area contributed by atoms with Crippen molar-refractivity contribution in [3.63, 3.8) is 0 Å².